The molecule has 2 unspecified atom stereocenters. The number of hydrogen-bond acceptors (Lipinski definition) is 5. The molecule has 1 fully saturated rings. The zero-order valence-corrected chi connectivity index (χ0v) is 20.8. The number of benzene rings is 1. The lowest BCUT2D eigenvalue weighted by Gasteiger charge is -2.46. The van der Waals surface area contributed by atoms with Gasteiger partial charge in [-0.05, 0) is 60.8 Å². The van der Waals surface area contributed by atoms with Gasteiger partial charge < -0.3 is 14.8 Å². The maximum Gasteiger partial charge on any atom is 0.406 e. The number of carbonyl (C=O) groups is 3. The lowest BCUT2D eigenvalue weighted by Crippen LogP contribution is -2.44. The van der Waals surface area contributed by atoms with Gasteiger partial charge in [-0.3, -0.25) is 9.59 Å². The molecular weight excluding hydrogens is 418 g/mol. The Bertz CT molecular complexity index is 776. The number of aryl methyl sites for hydroxylation is 1. The summed E-state index contributed by atoms with van der Waals surface area (Å²) in [5, 5.41) is 2.82. The van der Waals surface area contributed by atoms with Gasteiger partial charge in [0.05, 0.1) is 13.7 Å². The van der Waals surface area contributed by atoms with Gasteiger partial charge in [0.15, 0.2) is 0 Å². The number of nitrogens with one attached hydrogen (secondary N) is 1. The standard InChI is InChI=1S/C27H41NO5/c1-26(2)17-22(18-27(3,19-26)20-28-25(31)32-4)16-24(30)33-15-9-8-12-23(29)14-13-21-10-6-5-7-11-21/h5-7,10-11,22H,8-9,12-20H2,1-4H3,(H,28,31). The minimum Gasteiger partial charge on any atom is -0.466 e. The van der Waals surface area contributed by atoms with Gasteiger partial charge in [-0.2, -0.15) is 0 Å². The summed E-state index contributed by atoms with van der Waals surface area (Å²) >= 11 is 0. The van der Waals surface area contributed by atoms with Gasteiger partial charge in [0, 0.05) is 25.8 Å². The van der Waals surface area contributed by atoms with Crippen LogP contribution in [0.25, 0.3) is 0 Å². The Labute approximate surface area is 198 Å². The normalized spacial score (nSPS) is 21.8. The fraction of sp³-hybridized carbons (Fsp3) is 0.667. The third kappa shape index (κ3) is 10.4. The Morgan fingerprint density at radius 1 is 1.03 bits per heavy atom. The van der Waals surface area contributed by atoms with E-state index in [0.29, 0.717) is 38.8 Å². The van der Waals surface area contributed by atoms with Crippen LogP contribution in [0.2, 0.25) is 0 Å². The summed E-state index contributed by atoms with van der Waals surface area (Å²) in [7, 11) is 1.36. The van der Waals surface area contributed by atoms with Gasteiger partial charge in [0.1, 0.15) is 5.78 Å². The molecule has 1 aromatic carbocycles. The lowest BCUT2D eigenvalue weighted by atomic mass is 9.60. The zero-order chi connectivity index (χ0) is 24.3. The molecule has 0 aromatic heterocycles. The molecule has 1 aliphatic rings. The molecule has 184 valence electrons. The van der Waals surface area contributed by atoms with Gasteiger partial charge in [-0.15, -0.1) is 0 Å². The van der Waals surface area contributed by atoms with Crippen LogP contribution >= 0.6 is 0 Å². The number of unbranched alkanes of at least 4 members (excludes halogenated alkanes) is 1. The van der Waals surface area contributed by atoms with Crippen molar-refractivity contribution in [3.8, 4) is 0 Å². The molecule has 1 N–H and O–H groups in total. The van der Waals surface area contributed by atoms with Crippen molar-refractivity contribution in [2.45, 2.75) is 78.6 Å². The predicted molar refractivity (Wildman–Crippen MR) is 129 cm³/mol. The van der Waals surface area contributed by atoms with Crippen LogP contribution < -0.4 is 5.32 Å². The molecule has 2 rings (SSSR count). The van der Waals surface area contributed by atoms with E-state index >= 15 is 0 Å². The maximum absolute atomic E-state index is 12.4. The maximum atomic E-state index is 12.4. The molecule has 6 nitrogen and oxygen atoms in total. The topological polar surface area (TPSA) is 81.7 Å². The predicted octanol–water partition coefficient (Wildman–Crippen LogP) is 5.48. The fourth-order valence-corrected chi connectivity index (χ4v) is 5.45. The molecule has 0 spiro atoms. The number of esters is 1. The second-order valence-corrected chi connectivity index (χ2v) is 10.7. The first-order chi connectivity index (χ1) is 15.6. The average molecular weight is 460 g/mol. The summed E-state index contributed by atoms with van der Waals surface area (Å²) in [5.74, 6) is 0.316. The highest BCUT2D eigenvalue weighted by atomic mass is 16.5. The Hall–Kier alpha value is -2.37. The average Bonchev–Trinajstić information content (AvgIpc) is 2.75. The zero-order valence-electron chi connectivity index (χ0n) is 20.8. The summed E-state index contributed by atoms with van der Waals surface area (Å²) in [5.41, 5.74) is 1.19. The van der Waals surface area contributed by atoms with E-state index in [2.05, 4.69) is 26.1 Å². The van der Waals surface area contributed by atoms with Crippen molar-refractivity contribution in [3.05, 3.63) is 35.9 Å². The molecule has 6 heteroatoms. The Balaban J connectivity index is 1.65. The van der Waals surface area contributed by atoms with E-state index in [1.54, 1.807) is 0 Å². The number of ether oxygens (including phenoxy) is 2. The number of alkyl carbamates (subject to hydrolysis) is 1. The van der Waals surface area contributed by atoms with Gasteiger partial charge in [0.25, 0.3) is 0 Å². The van der Waals surface area contributed by atoms with Crippen LogP contribution in [0.5, 0.6) is 0 Å². The highest BCUT2D eigenvalue weighted by Gasteiger charge is 2.42. The number of ketones is 1. The lowest BCUT2D eigenvalue weighted by molar-refractivity contribution is -0.146. The number of Topliss-reactive ketones (excluding diaryl/α,β-unsaturated/α-hetero) is 1. The van der Waals surface area contributed by atoms with Gasteiger partial charge in [-0.25, -0.2) is 4.79 Å². The molecule has 1 aliphatic carbocycles. The van der Waals surface area contributed by atoms with E-state index in [1.807, 2.05) is 30.3 Å². The minimum atomic E-state index is -0.422. The van der Waals surface area contributed by atoms with Crippen LogP contribution in [0.3, 0.4) is 0 Å². The largest absolute Gasteiger partial charge is 0.466 e. The molecule has 0 heterocycles. The van der Waals surface area contributed by atoms with Crippen molar-refractivity contribution in [1.29, 1.82) is 0 Å². The van der Waals surface area contributed by atoms with Crippen molar-refractivity contribution in [1.82, 2.24) is 5.32 Å². The van der Waals surface area contributed by atoms with Crippen LogP contribution in [0.1, 0.15) is 77.7 Å². The van der Waals surface area contributed by atoms with Gasteiger partial charge >= 0.3 is 12.1 Å². The summed E-state index contributed by atoms with van der Waals surface area (Å²) in [6.45, 7) is 7.50. The Morgan fingerprint density at radius 3 is 2.45 bits per heavy atom. The van der Waals surface area contributed by atoms with Gasteiger partial charge in [0.2, 0.25) is 0 Å². The first kappa shape index (κ1) is 26.9. The summed E-state index contributed by atoms with van der Waals surface area (Å²) < 4.78 is 10.2. The first-order valence-corrected chi connectivity index (χ1v) is 12.1. The van der Waals surface area contributed by atoms with E-state index in [1.165, 1.54) is 12.7 Å². The Kier molecular flexibility index (Phi) is 10.4. The Morgan fingerprint density at radius 2 is 1.76 bits per heavy atom. The third-order valence-electron chi connectivity index (χ3n) is 6.48. The third-order valence-corrected chi connectivity index (χ3v) is 6.48. The molecule has 0 saturated heterocycles. The molecule has 2 atom stereocenters. The smallest absolute Gasteiger partial charge is 0.406 e. The number of amides is 1. The second kappa shape index (κ2) is 12.8. The number of methoxy groups -OCH3 is 1. The summed E-state index contributed by atoms with van der Waals surface area (Å²) in [4.78, 5) is 36.0. The molecule has 1 aromatic rings. The van der Waals surface area contributed by atoms with Crippen molar-refractivity contribution in [2.24, 2.45) is 16.7 Å². The molecule has 1 amide bonds. The molecule has 0 radical (unpaired) electrons. The van der Waals surface area contributed by atoms with Crippen molar-refractivity contribution < 1.29 is 23.9 Å². The highest BCUT2D eigenvalue weighted by molar-refractivity contribution is 5.78. The second-order valence-electron chi connectivity index (χ2n) is 10.7. The van der Waals surface area contributed by atoms with Crippen LogP contribution in [0.15, 0.2) is 30.3 Å². The quantitative estimate of drug-likeness (QED) is 0.331. The molecule has 33 heavy (non-hydrogen) atoms. The molecular formula is C27H41NO5. The number of carbonyl (C=O) groups excluding carboxylic acids is 3. The van der Waals surface area contributed by atoms with Crippen molar-refractivity contribution in [2.75, 3.05) is 20.3 Å². The van der Waals surface area contributed by atoms with Crippen LogP contribution in [0, 0.1) is 16.7 Å². The van der Waals surface area contributed by atoms with E-state index in [-0.39, 0.29) is 28.5 Å². The van der Waals surface area contributed by atoms with E-state index in [9.17, 15) is 14.4 Å². The fourth-order valence-electron chi connectivity index (χ4n) is 5.45. The van der Waals surface area contributed by atoms with Crippen LogP contribution in [-0.4, -0.2) is 38.1 Å². The minimum absolute atomic E-state index is 0.0823. The van der Waals surface area contributed by atoms with E-state index in [0.717, 1.165) is 32.1 Å². The van der Waals surface area contributed by atoms with E-state index < -0.39 is 6.09 Å². The first-order valence-electron chi connectivity index (χ1n) is 12.1. The van der Waals surface area contributed by atoms with Gasteiger partial charge in [-0.1, -0.05) is 51.1 Å². The van der Waals surface area contributed by atoms with Crippen LogP contribution in [0.4, 0.5) is 4.79 Å². The SMILES string of the molecule is COC(=O)NCC1(C)CC(CC(=O)OCCCCC(=O)CCc2ccccc2)CC(C)(C)C1. The van der Waals surface area contributed by atoms with Crippen LogP contribution in [-0.2, 0) is 25.5 Å². The monoisotopic (exact) mass is 459 g/mol. The van der Waals surface area contributed by atoms with Crippen molar-refractivity contribution >= 4 is 17.8 Å². The summed E-state index contributed by atoms with van der Waals surface area (Å²) in [6, 6.07) is 10.0. The van der Waals surface area contributed by atoms with Crippen molar-refractivity contribution in [3.63, 3.8) is 0 Å². The highest BCUT2D eigenvalue weighted by Crippen LogP contribution is 2.49. The van der Waals surface area contributed by atoms with E-state index in [4.69, 9.17) is 9.47 Å². The number of rotatable bonds is 12. The molecule has 0 bridgehead atoms. The summed E-state index contributed by atoms with van der Waals surface area (Å²) in [6.07, 6.45) is 6.11. The number of hydrogen-bond donors (Lipinski definition) is 1. The molecule has 1 saturated carbocycles. The molecule has 0 aliphatic heterocycles.